The van der Waals surface area contributed by atoms with Gasteiger partial charge in [0.1, 0.15) is 0 Å². The Bertz CT molecular complexity index is 733. The molecule has 24 heavy (non-hydrogen) atoms. The highest BCUT2D eigenvalue weighted by molar-refractivity contribution is 7.15. The van der Waals surface area contributed by atoms with Gasteiger partial charge in [-0.2, -0.15) is 0 Å². The molecule has 3 rings (SSSR count). The van der Waals surface area contributed by atoms with Crippen molar-refractivity contribution in [1.82, 2.24) is 9.88 Å². The zero-order valence-corrected chi connectivity index (χ0v) is 16.0. The first-order valence-electron chi connectivity index (χ1n) is 8.19. The van der Waals surface area contributed by atoms with Crippen molar-refractivity contribution in [2.45, 2.75) is 38.8 Å². The van der Waals surface area contributed by atoms with Gasteiger partial charge in [-0.25, -0.2) is 4.98 Å². The first kappa shape index (κ1) is 17.7. The van der Waals surface area contributed by atoms with Crippen LogP contribution in [0.4, 0.5) is 5.13 Å². The normalized spacial score (nSPS) is 22.0. The van der Waals surface area contributed by atoms with Gasteiger partial charge >= 0.3 is 0 Å². The zero-order chi connectivity index (χ0) is 17.3. The highest BCUT2D eigenvalue weighted by Gasteiger charge is 2.31. The summed E-state index contributed by atoms with van der Waals surface area (Å²) in [4.78, 5) is 8.21. The number of ether oxygens (including phenoxy) is 1. The van der Waals surface area contributed by atoms with E-state index in [1.165, 1.54) is 4.88 Å². The van der Waals surface area contributed by atoms with Crippen LogP contribution in [0.1, 0.15) is 30.2 Å². The molecule has 2 aromatic rings. The third kappa shape index (κ3) is 3.75. The van der Waals surface area contributed by atoms with E-state index in [0.717, 1.165) is 54.3 Å². The Labute approximate surface area is 152 Å². The van der Waals surface area contributed by atoms with E-state index in [-0.39, 0.29) is 5.60 Å². The Morgan fingerprint density at radius 3 is 2.96 bits per heavy atom. The minimum Gasteiger partial charge on any atom is -0.377 e. The second-order valence-corrected chi connectivity index (χ2v) is 8.28. The van der Waals surface area contributed by atoms with Crippen molar-refractivity contribution in [3.63, 3.8) is 0 Å². The van der Waals surface area contributed by atoms with Gasteiger partial charge in [-0.15, -0.1) is 11.3 Å². The van der Waals surface area contributed by atoms with Crippen LogP contribution in [0.15, 0.2) is 18.2 Å². The number of benzene rings is 1. The van der Waals surface area contributed by atoms with E-state index in [2.05, 4.69) is 22.9 Å². The van der Waals surface area contributed by atoms with Crippen LogP contribution in [-0.4, -0.2) is 35.7 Å². The molecule has 1 aromatic carbocycles. The van der Waals surface area contributed by atoms with E-state index < -0.39 is 0 Å². The van der Waals surface area contributed by atoms with Crippen LogP contribution in [0.2, 0.25) is 5.02 Å². The number of hydrogen-bond acceptors (Lipinski definition) is 5. The third-order valence-electron chi connectivity index (χ3n) is 4.74. The fraction of sp³-hybridized carbons (Fsp3) is 0.500. The molecule has 1 aliphatic heterocycles. The minimum absolute atomic E-state index is 0.0640. The minimum atomic E-state index is -0.0640. The first-order valence-corrected chi connectivity index (χ1v) is 9.39. The molecule has 4 nitrogen and oxygen atoms in total. The van der Waals surface area contributed by atoms with Crippen LogP contribution in [-0.2, 0) is 11.3 Å². The average molecular weight is 366 g/mol. The molecule has 1 saturated heterocycles. The zero-order valence-electron chi connectivity index (χ0n) is 14.4. The van der Waals surface area contributed by atoms with Crippen LogP contribution in [0.5, 0.6) is 0 Å². The molecule has 130 valence electrons. The first-order chi connectivity index (χ1) is 11.4. The van der Waals surface area contributed by atoms with Crippen molar-refractivity contribution in [2.75, 3.05) is 25.9 Å². The maximum atomic E-state index is 6.15. The lowest BCUT2D eigenvalue weighted by molar-refractivity contribution is -0.0524. The van der Waals surface area contributed by atoms with Crippen molar-refractivity contribution < 1.29 is 4.74 Å². The van der Waals surface area contributed by atoms with Crippen molar-refractivity contribution in [3.05, 3.63) is 33.7 Å². The average Bonchev–Trinajstić information content (AvgIpc) is 2.90. The molecule has 0 aliphatic carbocycles. The van der Waals surface area contributed by atoms with E-state index in [4.69, 9.17) is 22.1 Å². The molecule has 6 heteroatoms. The topological polar surface area (TPSA) is 51.4 Å². The Kier molecular flexibility index (Phi) is 5.16. The lowest BCUT2D eigenvalue weighted by Crippen LogP contribution is -2.46. The van der Waals surface area contributed by atoms with Gasteiger partial charge < -0.3 is 10.5 Å². The summed E-state index contributed by atoms with van der Waals surface area (Å²) in [5.41, 5.74) is 9.05. The molecule has 2 heterocycles. The molecular weight excluding hydrogens is 342 g/mol. The summed E-state index contributed by atoms with van der Waals surface area (Å²) in [6.07, 6.45) is 2.25. The SMILES string of the molecule is COC1(C)CCCN(Cc2sc(N)nc2-c2ccc(Cl)c(C)c2)C1. The molecular formula is C18H24ClN3OS. The number of halogens is 1. The van der Waals surface area contributed by atoms with Gasteiger partial charge in [0.25, 0.3) is 0 Å². The maximum Gasteiger partial charge on any atom is 0.180 e. The highest BCUT2D eigenvalue weighted by Crippen LogP contribution is 2.34. The molecule has 0 bridgehead atoms. The predicted octanol–water partition coefficient (Wildman–Crippen LogP) is 4.36. The number of hydrogen-bond donors (Lipinski definition) is 1. The summed E-state index contributed by atoms with van der Waals surface area (Å²) in [6, 6.07) is 6.02. The smallest absolute Gasteiger partial charge is 0.180 e. The van der Waals surface area contributed by atoms with E-state index in [1.54, 1.807) is 18.4 Å². The summed E-state index contributed by atoms with van der Waals surface area (Å²) >= 11 is 7.72. The van der Waals surface area contributed by atoms with Gasteiger partial charge in [-0.05, 0) is 50.9 Å². The fourth-order valence-corrected chi connectivity index (χ4v) is 4.32. The molecule has 1 atom stereocenters. The van der Waals surface area contributed by atoms with Crippen LogP contribution in [0.3, 0.4) is 0 Å². The van der Waals surface area contributed by atoms with Crippen LogP contribution in [0.25, 0.3) is 11.3 Å². The van der Waals surface area contributed by atoms with E-state index >= 15 is 0 Å². The van der Waals surface area contributed by atoms with Gasteiger partial charge in [0.15, 0.2) is 5.13 Å². The quantitative estimate of drug-likeness (QED) is 0.874. The van der Waals surface area contributed by atoms with E-state index in [9.17, 15) is 0 Å². The Balaban J connectivity index is 1.85. The van der Waals surface area contributed by atoms with E-state index in [1.807, 2.05) is 19.1 Å². The molecule has 1 aliphatic rings. The number of nitrogens with zero attached hydrogens (tertiary/aromatic N) is 2. The largest absolute Gasteiger partial charge is 0.377 e. The molecule has 1 unspecified atom stereocenters. The predicted molar refractivity (Wildman–Crippen MR) is 102 cm³/mol. The molecule has 1 aromatic heterocycles. The Morgan fingerprint density at radius 1 is 1.46 bits per heavy atom. The standard InChI is InChI=1S/C18H24ClN3OS/c1-12-9-13(5-6-14(12)19)16-15(24-17(20)21-16)10-22-8-4-7-18(2,11-22)23-3/h5-6,9H,4,7-8,10-11H2,1-3H3,(H2,20,21). The molecule has 2 N–H and O–H groups in total. The Morgan fingerprint density at radius 2 is 2.25 bits per heavy atom. The van der Waals surface area contributed by atoms with Crippen molar-refractivity contribution in [1.29, 1.82) is 0 Å². The monoisotopic (exact) mass is 365 g/mol. The van der Waals surface area contributed by atoms with Crippen LogP contribution in [0, 0.1) is 6.92 Å². The number of aromatic nitrogens is 1. The van der Waals surface area contributed by atoms with Gasteiger partial charge in [0.05, 0.1) is 11.3 Å². The van der Waals surface area contributed by atoms with Crippen LogP contribution < -0.4 is 5.73 Å². The van der Waals surface area contributed by atoms with Crippen LogP contribution >= 0.6 is 22.9 Å². The molecule has 0 spiro atoms. The molecule has 0 radical (unpaired) electrons. The number of methoxy groups -OCH3 is 1. The number of aryl methyl sites for hydroxylation is 1. The third-order valence-corrected chi connectivity index (χ3v) is 6.04. The van der Waals surface area contributed by atoms with Gasteiger partial charge in [0, 0.05) is 35.7 Å². The van der Waals surface area contributed by atoms with Crippen molar-refractivity contribution in [3.8, 4) is 11.3 Å². The number of anilines is 1. The Hall–Kier alpha value is -1.14. The number of nitrogens with two attached hydrogens (primary N) is 1. The maximum absolute atomic E-state index is 6.15. The lowest BCUT2D eigenvalue weighted by atomic mass is 9.94. The molecule has 0 saturated carbocycles. The second-order valence-electron chi connectivity index (χ2n) is 6.76. The molecule has 0 amide bonds. The summed E-state index contributed by atoms with van der Waals surface area (Å²) in [7, 11) is 1.80. The summed E-state index contributed by atoms with van der Waals surface area (Å²) in [5.74, 6) is 0. The van der Waals surface area contributed by atoms with E-state index in [0.29, 0.717) is 5.13 Å². The number of likely N-dealkylation sites (tertiary alicyclic amines) is 1. The second kappa shape index (κ2) is 7.00. The van der Waals surface area contributed by atoms with Gasteiger partial charge in [0.2, 0.25) is 0 Å². The summed E-state index contributed by atoms with van der Waals surface area (Å²) < 4.78 is 5.70. The van der Waals surface area contributed by atoms with Crippen molar-refractivity contribution >= 4 is 28.1 Å². The lowest BCUT2D eigenvalue weighted by Gasteiger charge is -2.39. The number of thiazole rings is 1. The van der Waals surface area contributed by atoms with Crippen molar-refractivity contribution in [2.24, 2.45) is 0 Å². The number of piperidine rings is 1. The molecule has 1 fully saturated rings. The number of nitrogen functional groups attached to an aromatic ring is 1. The number of rotatable bonds is 4. The highest BCUT2D eigenvalue weighted by atomic mass is 35.5. The fourth-order valence-electron chi connectivity index (χ4n) is 3.31. The van der Waals surface area contributed by atoms with Gasteiger partial charge in [-0.3, -0.25) is 4.90 Å². The summed E-state index contributed by atoms with van der Waals surface area (Å²) in [6.45, 7) is 7.06. The summed E-state index contributed by atoms with van der Waals surface area (Å²) in [5, 5.41) is 1.38. The van der Waals surface area contributed by atoms with Gasteiger partial charge in [-0.1, -0.05) is 17.7 Å².